The van der Waals surface area contributed by atoms with E-state index in [1.165, 1.54) is 25.1 Å². The summed E-state index contributed by atoms with van der Waals surface area (Å²) in [5.74, 6) is -5.21. The summed E-state index contributed by atoms with van der Waals surface area (Å²) in [7, 11) is 0.836. The highest BCUT2D eigenvalue weighted by Crippen LogP contribution is 2.39. The third-order valence-electron chi connectivity index (χ3n) is 7.74. The zero-order valence-corrected chi connectivity index (χ0v) is 24.7. The number of halogens is 5. The van der Waals surface area contributed by atoms with Crippen LogP contribution in [0.4, 0.5) is 22.0 Å². The predicted octanol–water partition coefficient (Wildman–Crippen LogP) is 6.25. The molecular weight excluding hydrogens is 615 g/mol. The Morgan fingerprint density at radius 3 is 2.46 bits per heavy atom. The average Bonchev–Trinajstić information content (AvgIpc) is 2.98. The van der Waals surface area contributed by atoms with Crippen molar-refractivity contribution in [2.45, 2.75) is 45.1 Å². The molecule has 4 aromatic rings. The van der Waals surface area contributed by atoms with E-state index in [1.54, 1.807) is 31.2 Å². The molecule has 240 valence electrons. The van der Waals surface area contributed by atoms with Crippen molar-refractivity contribution in [1.29, 1.82) is 0 Å². The van der Waals surface area contributed by atoms with E-state index in [0.717, 1.165) is 18.7 Å². The molecule has 0 radical (unpaired) electrons. The number of methoxy groups -OCH3 is 1. The number of nitrogens with zero attached hydrogens (tertiary/aromatic N) is 1. The first kappa shape index (κ1) is 32.2. The first-order chi connectivity index (χ1) is 21.7. The quantitative estimate of drug-likeness (QED) is 0.255. The number of hydrogen-bond acceptors (Lipinski definition) is 5. The number of fused-ring (bicyclic) bond motifs is 6. The number of carbonyl (C=O) groups excluding carboxylic acids is 1. The molecule has 2 N–H and O–H groups in total. The van der Waals surface area contributed by atoms with Crippen LogP contribution in [0.3, 0.4) is 0 Å². The van der Waals surface area contributed by atoms with Crippen LogP contribution in [0.2, 0.25) is 0 Å². The van der Waals surface area contributed by atoms with Crippen LogP contribution in [0.5, 0.6) is 11.5 Å². The molecular formula is C33H27F5N2O6. The molecule has 5 rings (SSSR count). The van der Waals surface area contributed by atoms with Gasteiger partial charge >= 0.3 is 12.1 Å². The van der Waals surface area contributed by atoms with E-state index < -0.39 is 70.6 Å². The summed E-state index contributed by atoms with van der Waals surface area (Å²) < 4.78 is 83.8. The summed E-state index contributed by atoms with van der Waals surface area (Å²) in [6, 6.07) is 8.69. The van der Waals surface area contributed by atoms with Gasteiger partial charge in [-0.05, 0) is 72.5 Å². The topological polar surface area (TPSA) is 107 Å². The molecule has 2 atom stereocenters. The number of carboxylic acids is 1. The largest absolute Gasteiger partial charge is 0.491 e. The summed E-state index contributed by atoms with van der Waals surface area (Å²) in [4.78, 5) is 39.5. The van der Waals surface area contributed by atoms with Gasteiger partial charge in [-0.2, -0.15) is 13.2 Å². The number of aromatic nitrogens is 1. The summed E-state index contributed by atoms with van der Waals surface area (Å²) >= 11 is 0. The monoisotopic (exact) mass is 642 g/mol. The van der Waals surface area contributed by atoms with Crippen LogP contribution < -0.4 is 20.3 Å². The molecule has 1 amide bonds. The zero-order chi connectivity index (χ0) is 33.5. The number of benzene rings is 3. The van der Waals surface area contributed by atoms with Gasteiger partial charge in [-0.1, -0.05) is 18.2 Å². The lowest BCUT2D eigenvalue weighted by molar-refractivity contribution is -0.139. The van der Waals surface area contributed by atoms with Crippen LogP contribution in [0.25, 0.3) is 11.1 Å². The molecule has 0 saturated heterocycles. The fourth-order valence-electron chi connectivity index (χ4n) is 5.62. The minimum atomic E-state index is -5.00. The number of aryl methyl sites for hydroxylation is 2. The molecule has 8 nitrogen and oxygen atoms in total. The van der Waals surface area contributed by atoms with E-state index in [4.69, 9.17) is 9.47 Å². The molecule has 0 saturated carbocycles. The Balaban J connectivity index is 1.80. The fraction of sp³-hybridized carbons (Fsp3) is 0.242. The van der Waals surface area contributed by atoms with Gasteiger partial charge in [0.05, 0.1) is 19.6 Å². The number of rotatable bonds is 4. The summed E-state index contributed by atoms with van der Waals surface area (Å²) in [5.41, 5.74) is -1.26. The Hall–Kier alpha value is -5.20. The van der Waals surface area contributed by atoms with Crippen LogP contribution in [0, 0.1) is 25.5 Å². The number of carbonyl (C=O) groups is 2. The Morgan fingerprint density at radius 2 is 1.78 bits per heavy atom. The van der Waals surface area contributed by atoms with Crippen LogP contribution in [0.15, 0.2) is 65.6 Å². The number of nitrogens with one attached hydrogen (secondary N) is 1. The van der Waals surface area contributed by atoms with Gasteiger partial charge in [0.25, 0.3) is 5.56 Å². The maximum Gasteiger partial charge on any atom is 0.420 e. The van der Waals surface area contributed by atoms with Crippen molar-refractivity contribution in [2.75, 3.05) is 7.11 Å². The number of amides is 1. The molecule has 1 aromatic heterocycles. The van der Waals surface area contributed by atoms with E-state index in [2.05, 4.69) is 5.32 Å². The van der Waals surface area contributed by atoms with E-state index in [-0.39, 0.29) is 17.7 Å². The smallest absolute Gasteiger partial charge is 0.420 e. The van der Waals surface area contributed by atoms with Crippen molar-refractivity contribution in [3.63, 3.8) is 0 Å². The minimum absolute atomic E-state index is 0.120. The van der Waals surface area contributed by atoms with Gasteiger partial charge in [-0.15, -0.1) is 0 Å². The van der Waals surface area contributed by atoms with Gasteiger partial charge in [0, 0.05) is 22.9 Å². The second-order valence-corrected chi connectivity index (χ2v) is 10.8. The maximum atomic E-state index is 15.8. The fourth-order valence-corrected chi connectivity index (χ4v) is 5.62. The number of aliphatic carboxylic acids is 1. The molecule has 13 heteroatoms. The van der Waals surface area contributed by atoms with E-state index in [0.29, 0.717) is 39.3 Å². The third-order valence-corrected chi connectivity index (χ3v) is 7.74. The lowest BCUT2D eigenvalue weighted by Crippen LogP contribution is -2.41. The standard InChI is InChI=1S/C33H27F5N2O6/c1-16-5-4-6-25-27(16)19-11-17(2)28(35)21(13-19)24(14-26(41)42)39-31(43)29(20-12-18(15-46-25)7-8-23(20)34)40-10-9-22(33(36,37)38)30(45-3)32(40)44/h4-13,24,29H,14-15H2,1-3H3,(H,39,43)(H,41,42)/t24-,29+/m1/s1. The van der Waals surface area contributed by atoms with Crippen molar-refractivity contribution in [3.05, 3.63) is 116 Å². The minimum Gasteiger partial charge on any atom is -0.491 e. The first-order valence-electron chi connectivity index (χ1n) is 13.9. The molecule has 3 aromatic carbocycles. The number of ether oxygens (including phenoxy) is 2. The second kappa shape index (κ2) is 12.3. The zero-order valence-electron chi connectivity index (χ0n) is 24.7. The van der Waals surface area contributed by atoms with Crippen molar-refractivity contribution < 1.29 is 46.1 Å². The number of hydrogen-bond donors (Lipinski definition) is 2. The normalized spacial score (nSPS) is 16.5. The Morgan fingerprint density at radius 1 is 1.04 bits per heavy atom. The number of alkyl halides is 3. The molecule has 0 unspecified atom stereocenters. The van der Waals surface area contributed by atoms with E-state index >= 15 is 8.78 Å². The van der Waals surface area contributed by atoms with Gasteiger partial charge in [0.15, 0.2) is 5.75 Å². The van der Waals surface area contributed by atoms with Crippen molar-refractivity contribution in [3.8, 4) is 22.6 Å². The summed E-state index contributed by atoms with van der Waals surface area (Å²) in [6.45, 7) is 3.11. The number of pyridine rings is 1. The lowest BCUT2D eigenvalue weighted by atomic mass is 9.91. The van der Waals surface area contributed by atoms with E-state index in [9.17, 15) is 32.7 Å². The van der Waals surface area contributed by atoms with Crippen molar-refractivity contribution >= 4 is 11.9 Å². The number of carboxylic acid groups (broad SMARTS) is 1. The van der Waals surface area contributed by atoms with Crippen LogP contribution >= 0.6 is 0 Å². The van der Waals surface area contributed by atoms with Gasteiger partial charge < -0.3 is 19.9 Å². The summed E-state index contributed by atoms with van der Waals surface area (Å²) in [5, 5.41) is 12.2. The second-order valence-electron chi connectivity index (χ2n) is 10.8. The van der Waals surface area contributed by atoms with Gasteiger partial charge in [-0.3, -0.25) is 19.0 Å². The Labute approximate surface area is 259 Å². The van der Waals surface area contributed by atoms with E-state index in [1.807, 2.05) is 0 Å². The van der Waals surface area contributed by atoms with Gasteiger partial charge in [0.1, 0.15) is 35.6 Å². The van der Waals surface area contributed by atoms with Crippen LogP contribution in [-0.4, -0.2) is 28.7 Å². The Bertz CT molecular complexity index is 1920. The predicted molar refractivity (Wildman–Crippen MR) is 156 cm³/mol. The molecule has 2 heterocycles. The average molecular weight is 643 g/mol. The summed E-state index contributed by atoms with van der Waals surface area (Å²) in [6.07, 6.45) is -5.16. The molecule has 4 bridgehead atoms. The van der Waals surface area contributed by atoms with Crippen LogP contribution in [-0.2, 0) is 22.4 Å². The lowest BCUT2D eigenvalue weighted by Gasteiger charge is -2.27. The SMILES string of the molecule is COc1c(C(F)(F)F)ccn([C@@H]2C(=O)N[C@H](CC(=O)O)c3cc(cc(C)c3F)-c3c(C)cccc3OCc3ccc(F)c2c3)c1=O. The highest BCUT2D eigenvalue weighted by molar-refractivity contribution is 5.85. The molecule has 0 spiro atoms. The first-order valence-corrected chi connectivity index (χ1v) is 13.9. The molecule has 1 aliphatic heterocycles. The molecule has 1 aliphatic rings. The third kappa shape index (κ3) is 6.04. The highest BCUT2D eigenvalue weighted by Gasteiger charge is 2.38. The van der Waals surface area contributed by atoms with Crippen molar-refractivity contribution in [2.24, 2.45) is 0 Å². The molecule has 46 heavy (non-hydrogen) atoms. The van der Waals surface area contributed by atoms with Gasteiger partial charge in [0.2, 0.25) is 5.91 Å². The highest BCUT2D eigenvalue weighted by atomic mass is 19.4. The Kier molecular flexibility index (Phi) is 8.61. The van der Waals surface area contributed by atoms with Crippen molar-refractivity contribution in [1.82, 2.24) is 9.88 Å². The molecule has 0 aliphatic carbocycles. The molecule has 0 fully saturated rings. The van der Waals surface area contributed by atoms with Crippen LogP contribution in [0.1, 0.15) is 51.9 Å². The van der Waals surface area contributed by atoms with Gasteiger partial charge in [-0.25, -0.2) is 8.78 Å². The maximum absolute atomic E-state index is 15.8.